The largest absolute Gasteiger partial charge is 0.294 e. The van der Waals surface area contributed by atoms with E-state index >= 15 is 0 Å². The van der Waals surface area contributed by atoms with Gasteiger partial charge in [-0.25, -0.2) is 0 Å². The fraction of sp³-hybridized carbons (Fsp3) is 0.524. The molecule has 0 saturated heterocycles. The van der Waals surface area contributed by atoms with E-state index in [9.17, 15) is 9.59 Å². The molecule has 2 heteroatoms. The fourth-order valence-electron chi connectivity index (χ4n) is 3.30. The molecule has 0 bridgehead atoms. The highest BCUT2D eigenvalue weighted by atomic mass is 16.1. The number of carbonyl (C=O) groups is 2. The van der Waals surface area contributed by atoms with Gasteiger partial charge in [-0.15, -0.1) is 0 Å². The SMILES string of the molecule is CC(=CCC1C(=O)c2ccccc2C(=O)C1C)CCCC(C)C. The van der Waals surface area contributed by atoms with E-state index in [2.05, 4.69) is 26.8 Å². The van der Waals surface area contributed by atoms with Crippen molar-refractivity contribution in [1.29, 1.82) is 0 Å². The molecule has 0 spiro atoms. The predicted molar refractivity (Wildman–Crippen MR) is 94.8 cm³/mol. The summed E-state index contributed by atoms with van der Waals surface area (Å²) < 4.78 is 0. The molecule has 1 aliphatic rings. The summed E-state index contributed by atoms with van der Waals surface area (Å²) in [6.45, 7) is 8.51. The second-order valence-corrected chi connectivity index (χ2v) is 7.24. The number of Topliss-reactive ketones (excluding diaryl/α,β-unsaturated/α-hetero) is 2. The van der Waals surface area contributed by atoms with Gasteiger partial charge in [0.1, 0.15) is 0 Å². The first-order valence-electron chi connectivity index (χ1n) is 8.75. The third-order valence-corrected chi connectivity index (χ3v) is 4.88. The van der Waals surface area contributed by atoms with Crippen molar-refractivity contribution in [3.8, 4) is 0 Å². The summed E-state index contributed by atoms with van der Waals surface area (Å²) in [5.74, 6) is 0.529. The lowest BCUT2D eigenvalue weighted by molar-refractivity contribution is 0.0750. The maximum atomic E-state index is 12.7. The van der Waals surface area contributed by atoms with Crippen molar-refractivity contribution < 1.29 is 9.59 Å². The third kappa shape index (κ3) is 4.19. The number of benzene rings is 1. The molecule has 2 rings (SSSR count). The Bertz CT molecular complexity index is 610. The van der Waals surface area contributed by atoms with E-state index in [-0.39, 0.29) is 23.4 Å². The zero-order valence-electron chi connectivity index (χ0n) is 14.8. The summed E-state index contributed by atoms with van der Waals surface area (Å²) in [4.78, 5) is 25.2. The minimum Gasteiger partial charge on any atom is -0.294 e. The molecule has 0 heterocycles. The summed E-state index contributed by atoms with van der Waals surface area (Å²) in [6, 6.07) is 7.23. The lowest BCUT2D eigenvalue weighted by Crippen LogP contribution is -2.34. The van der Waals surface area contributed by atoms with Crippen LogP contribution in [0.25, 0.3) is 0 Å². The van der Waals surface area contributed by atoms with Crippen molar-refractivity contribution in [3.05, 3.63) is 47.0 Å². The predicted octanol–water partition coefficient (Wildman–Crippen LogP) is 5.48. The van der Waals surface area contributed by atoms with Crippen molar-refractivity contribution in [2.45, 2.75) is 53.4 Å². The van der Waals surface area contributed by atoms with Crippen LogP contribution < -0.4 is 0 Å². The fourth-order valence-corrected chi connectivity index (χ4v) is 3.30. The molecular weight excluding hydrogens is 284 g/mol. The normalized spacial score (nSPS) is 21.7. The van der Waals surface area contributed by atoms with Gasteiger partial charge < -0.3 is 0 Å². The van der Waals surface area contributed by atoms with Gasteiger partial charge in [-0.3, -0.25) is 9.59 Å². The van der Waals surface area contributed by atoms with Gasteiger partial charge in [-0.2, -0.15) is 0 Å². The van der Waals surface area contributed by atoms with Gasteiger partial charge in [-0.1, -0.05) is 63.1 Å². The van der Waals surface area contributed by atoms with Crippen LogP contribution >= 0.6 is 0 Å². The Morgan fingerprint density at radius 3 is 2.35 bits per heavy atom. The summed E-state index contributed by atoms with van der Waals surface area (Å²) in [5.41, 5.74) is 2.53. The molecule has 0 aliphatic heterocycles. The van der Waals surface area contributed by atoms with E-state index in [4.69, 9.17) is 0 Å². The van der Waals surface area contributed by atoms with Crippen LogP contribution in [-0.2, 0) is 0 Å². The minimum atomic E-state index is -0.225. The summed E-state index contributed by atoms with van der Waals surface area (Å²) >= 11 is 0. The van der Waals surface area contributed by atoms with Crippen molar-refractivity contribution in [2.24, 2.45) is 17.8 Å². The van der Waals surface area contributed by atoms with E-state index in [1.807, 2.05) is 19.1 Å². The molecule has 23 heavy (non-hydrogen) atoms. The number of hydrogen-bond donors (Lipinski definition) is 0. The number of fused-ring (bicyclic) bond motifs is 1. The highest BCUT2D eigenvalue weighted by molar-refractivity contribution is 6.15. The first-order chi connectivity index (χ1) is 10.9. The molecule has 0 saturated carbocycles. The molecule has 1 aromatic rings. The summed E-state index contributed by atoms with van der Waals surface area (Å²) in [5, 5.41) is 0. The number of hydrogen-bond acceptors (Lipinski definition) is 2. The van der Waals surface area contributed by atoms with Crippen LogP contribution in [0.1, 0.15) is 74.1 Å². The Kier molecular flexibility index (Phi) is 5.92. The van der Waals surface area contributed by atoms with Crippen molar-refractivity contribution in [2.75, 3.05) is 0 Å². The summed E-state index contributed by atoms with van der Waals surface area (Å²) in [6.07, 6.45) is 6.35. The van der Waals surface area contributed by atoms with Crippen LogP contribution in [0.15, 0.2) is 35.9 Å². The summed E-state index contributed by atoms with van der Waals surface area (Å²) in [7, 11) is 0. The maximum Gasteiger partial charge on any atom is 0.167 e. The number of carbonyl (C=O) groups excluding carboxylic acids is 2. The topological polar surface area (TPSA) is 34.1 Å². The standard InChI is InChI=1S/C21H28O2/c1-14(2)8-7-9-15(3)12-13-17-16(4)20(22)18-10-5-6-11-19(18)21(17)23/h5-6,10-12,14,16-17H,7-9,13H2,1-4H3. The van der Waals surface area contributed by atoms with Gasteiger partial charge in [0.05, 0.1) is 0 Å². The second kappa shape index (κ2) is 7.72. The molecule has 0 N–H and O–H groups in total. The highest BCUT2D eigenvalue weighted by Crippen LogP contribution is 2.32. The van der Waals surface area contributed by atoms with Crippen LogP contribution in [0.2, 0.25) is 0 Å². The lowest BCUT2D eigenvalue weighted by atomic mass is 9.73. The van der Waals surface area contributed by atoms with Crippen molar-refractivity contribution in [1.82, 2.24) is 0 Å². The Labute approximate surface area is 140 Å². The smallest absolute Gasteiger partial charge is 0.167 e. The van der Waals surface area contributed by atoms with Gasteiger partial charge in [0.2, 0.25) is 0 Å². The van der Waals surface area contributed by atoms with Crippen LogP contribution in [0.3, 0.4) is 0 Å². The molecule has 0 amide bonds. The quantitative estimate of drug-likeness (QED) is 0.652. The van der Waals surface area contributed by atoms with E-state index < -0.39 is 0 Å². The Morgan fingerprint density at radius 2 is 1.74 bits per heavy atom. The minimum absolute atomic E-state index is 0.107. The average molecular weight is 312 g/mol. The molecule has 0 aromatic heterocycles. The zero-order valence-corrected chi connectivity index (χ0v) is 14.8. The molecular formula is C21H28O2. The number of rotatable bonds is 6. The Balaban J connectivity index is 2.06. The first kappa shape index (κ1) is 17.7. The third-order valence-electron chi connectivity index (χ3n) is 4.88. The maximum absolute atomic E-state index is 12.7. The molecule has 2 nitrogen and oxygen atoms in total. The van der Waals surface area contributed by atoms with E-state index in [1.54, 1.807) is 12.1 Å². The van der Waals surface area contributed by atoms with Crippen molar-refractivity contribution in [3.63, 3.8) is 0 Å². The number of allylic oxidation sites excluding steroid dienone is 2. The van der Waals surface area contributed by atoms with Crippen molar-refractivity contribution >= 4 is 11.6 Å². The van der Waals surface area contributed by atoms with Crippen LogP contribution in [0.5, 0.6) is 0 Å². The van der Waals surface area contributed by atoms with Gasteiger partial charge >= 0.3 is 0 Å². The number of ketones is 2. The molecule has 0 radical (unpaired) electrons. The molecule has 1 aliphatic carbocycles. The van der Waals surface area contributed by atoms with Crippen LogP contribution in [-0.4, -0.2) is 11.6 Å². The van der Waals surface area contributed by atoms with Gasteiger partial charge in [0.25, 0.3) is 0 Å². The molecule has 124 valence electrons. The molecule has 2 atom stereocenters. The van der Waals surface area contributed by atoms with E-state index in [0.717, 1.165) is 12.3 Å². The lowest BCUT2D eigenvalue weighted by Gasteiger charge is -2.27. The van der Waals surface area contributed by atoms with Gasteiger partial charge in [0.15, 0.2) is 11.6 Å². The van der Waals surface area contributed by atoms with E-state index in [0.29, 0.717) is 17.5 Å². The Hall–Kier alpha value is -1.70. The molecule has 0 fully saturated rings. The Morgan fingerprint density at radius 1 is 1.13 bits per heavy atom. The highest BCUT2D eigenvalue weighted by Gasteiger charge is 2.37. The van der Waals surface area contributed by atoms with Crippen LogP contribution in [0.4, 0.5) is 0 Å². The zero-order chi connectivity index (χ0) is 17.0. The van der Waals surface area contributed by atoms with Gasteiger partial charge in [-0.05, 0) is 32.1 Å². The first-order valence-corrected chi connectivity index (χ1v) is 8.75. The van der Waals surface area contributed by atoms with Crippen LogP contribution in [0, 0.1) is 17.8 Å². The second-order valence-electron chi connectivity index (χ2n) is 7.24. The monoisotopic (exact) mass is 312 g/mol. The van der Waals surface area contributed by atoms with E-state index in [1.165, 1.54) is 18.4 Å². The average Bonchev–Trinajstić information content (AvgIpc) is 2.52. The molecule has 1 aromatic carbocycles. The molecule has 2 unspecified atom stereocenters. The van der Waals surface area contributed by atoms with Gasteiger partial charge in [0, 0.05) is 23.0 Å².